The minimum absolute atomic E-state index is 0.325. The highest BCUT2D eigenvalue weighted by Gasteiger charge is 2.06. The Balaban J connectivity index is 2.04. The van der Waals surface area contributed by atoms with Gasteiger partial charge in [-0.15, -0.1) is 0 Å². The summed E-state index contributed by atoms with van der Waals surface area (Å²) in [6, 6.07) is 12.4. The molecule has 0 spiro atoms. The van der Waals surface area contributed by atoms with Crippen molar-refractivity contribution < 1.29 is 9.90 Å². The minimum atomic E-state index is -0.567. The first kappa shape index (κ1) is 15.5. The van der Waals surface area contributed by atoms with E-state index < -0.39 is 6.10 Å². The molecule has 2 amide bonds. The number of anilines is 2. The molecule has 21 heavy (non-hydrogen) atoms. The van der Waals surface area contributed by atoms with Gasteiger partial charge in [0.15, 0.2) is 0 Å². The highest BCUT2D eigenvalue weighted by atomic mass is 79.9. The summed E-state index contributed by atoms with van der Waals surface area (Å²) >= 11 is 3.43. The molecule has 2 aromatic carbocycles. The fourth-order valence-electron chi connectivity index (χ4n) is 1.84. The van der Waals surface area contributed by atoms with Gasteiger partial charge in [0, 0.05) is 15.8 Å². The molecule has 110 valence electrons. The van der Waals surface area contributed by atoms with Crippen molar-refractivity contribution in [2.45, 2.75) is 20.0 Å². The molecule has 0 bridgehead atoms. The third kappa shape index (κ3) is 4.31. The Kier molecular flexibility index (Phi) is 4.98. The third-order valence-corrected chi connectivity index (χ3v) is 3.91. The maximum absolute atomic E-state index is 12.0. The number of amides is 2. The number of nitrogens with one attached hydrogen (secondary N) is 2. The zero-order valence-corrected chi connectivity index (χ0v) is 13.4. The van der Waals surface area contributed by atoms with Gasteiger partial charge in [-0.05, 0) is 49.2 Å². The van der Waals surface area contributed by atoms with E-state index in [1.54, 1.807) is 25.1 Å². The lowest BCUT2D eigenvalue weighted by atomic mass is 10.1. The smallest absolute Gasteiger partial charge is 0.323 e. The zero-order valence-electron chi connectivity index (χ0n) is 11.9. The van der Waals surface area contributed by atoms with Crippen LogP contribution < -0.4 is 10.6 Å². The lowest BCUT2D eigenvalue weighted by Gasteiger charge is -2.11. The highest BCUT2D eigenvalue weighted by Crippen LogP contribution is 2.21. The second-order valence-electron chi connectivity index (χ2n) is 4.84. The van der Waals surface area contributed by atoms with Gasteiger partial charge in [0.25, 0.3) is 0 Å². The number of halogens is 1. The molecule has 0 saturated carbocycles. The molecular weight excluding hydrogens is 332 g/mol. The van der Waals surface area contributed by atoms with Crippen molar-refractivity contribution in [3.8, 4) is 0 Å². The summed E-state index contributed by atoms with van der Waals surface area (Å²) in [4.78, 5) is 12.0. The number of hydrogen-bond acceptors (Lipinski definition) is 2. The van der Waals surface area contributed by atoms with Gasteiger partial charge in [0.05, 0.1) is 6.10 Å². The van der Waals surface area contributed by atoms with Crippen molar-refractivity contribution in [2.75, 3.05) is 10.6 Å². The van der Waals surface area contributed by atoms with E-state index in [0.29, 0.717) is 11.4 Å². The third-order valence-electron chi connectivity index (χ3n) is 3.06. The Labute approximate surface area is 132 Å². The fourth-order valence-corrected chi connectivity index (χ4v) is 2.22. The van der Waals surface area contributed by atoms with E-state index in [4.69, 9.17) is 0 Å². The quantitative estimate of drug-likeness (QED) is 0.766. The molecule has 0 radical (unpaired) electrons. The van der Waals surface area contributed by atoms with Gasteiger partial charge in [-0.2, -0.15) is 0 Å². The minimum Gasteiger partial charge on any atom is -0.389 e. The molecule has 4 nitrogen and oxygen atoms in total. The average molecular weight is 349 g/mol. The molecule has 5 heteroatoms. The van der Waals surface area contributed by atoms with Crippen LogP contribution in [0.25, 0.3) is 0 Å². The van der Waals surface area contributed by atoms with E-state index >= 15 is 0 Å². The van der Waals surface area contributed by atoms with Crippen LogP contribution in [0.4, 0.5) is 16.2 Å². The Bertz CT molecular complexity index is 656. The molecular formula is C16H17BrN2O2. The summed E-state index contributed by atoms with van der Waals surface area (Å²) < 4.78 is 0.941. The number of aliphatic hydroxyl groups is 1. The summed E-state index contributed by atoms with van der Waals surface area (Å²) in [6.07, 6.45) is -0.567. The lowest BCUT2D eigenvalue weighted by Crippen LogP contribution is -2.19. The van der Waals surface area contributed by atoms with Crippen molar-refractivity contribution in [1.82, 2.24) is 0 Å². The number of aliphatic hydroxyl groups excluding tert-OH is 1. The SMILES string of the molecule is Cc1ccc(NC(=O)Nc2cccc(C(C)O)c2)cc1Br. The van der Waals surface area contributed by atoms with Crippen LogP contribution in [-0.4, -0.2) is 11.1 Å². The molecule has 0 aliphatic carbocycles. The normalized spacial score (nSPS) is 11.8. The number of benzene rings is 2. The largest absolute Gasteiger partial charge is 0.389 e. The van der Waals surface area contributed by atoms with E-state index in [9.17, 15) is 9.90 Å². The second kappa shape index (κ2) is 6.74. The average Bonchev–Trinajstić information content (AvgIpc) is 2.43. The van der Waals surface area contributed by atoms with Crippen molar-refractivity contribution in [3.05, 3.63) is 58.1 Å². The van der Waals surface area contributed by atoms with E-state index in [0.717, 1.165) is 15.6 Å². The summed E-state index contributed by atoms with van der Waals surface area (Å²) in [5.41, 5.74) is 3.20. The molecule has 1 atom stereocenters. The monoisotopic (exact) mass is 348 g/mol. The van der Waals surface area contributed by atoms with Crippen LogP contribution in [0.15, 0.2) is 46.9 Å². The number of carbonyl (C=O) groups excluding carboxylic acids is 1. The van der Waals surface area contributed by atoms with Gasteiger partial charge in [0.1, 0.15) is 0 Å². The van der Waals surface area contributed by atoms with Gasteiger partial charge in [0.2, 0.25) is 0 Å². The van der Waals surface area contributed by atoms with Crippen LogP contribution in [0.5, 0.6) is 0 Å². The Morgan fingerprint density at radius 3 is 2.43 bits per heavy atom. The predicted octanol–water partition coefficient (Wildman–Crippen LogP) is 4.45. The number of carbonyl (C=O) groups is 1. The van der Waals surface area contributed by atoms with Crippen molar-refractivity contribution in [2.24, 2.45) is 0 Å². The molecule has 2 rings (SSSR count). The van der Waals surface area contributed by atoms with Crippen LogP contribution in [0, 0.1) is 6.92 Å². The van der Waals surface area contributed by atoms with Crippen LogP contribution in [-0.2, 0) is 0 Å². The van der Waals surface area contributed by atoms with Crippen molar-refractivity contribution in [1.29, 1.82) is 0 Å². The van der Waals surface area contributed by atoms with Gasteiger partial charge in [-0.3, -0.25) is 0 Å². The molecule has 0 heterocycles. The maximum atomic E-state index is 12.0. The van der Waals surface area contributed by atoms with E-state index in [-0.39, 0.29) is 6.03 Å². The van der Waals surface area contributed by atoms with E-state index in [2.05, 4.69) is 26.6 Å². The highest BCUT2D eigenvalue weighted by molar-refractivity contribution is 9.10. The summed E-state index contributed by atoms with van der Waals surface area (Å²) in [5.74, 6) is 0. The van der Waals surface area contributed by atoms with Gasteiger partial charge in [-0.25, -0.2) is 4.79 Å². The first-order valence-corrected chi connectivity index (χ1v) is 7.37. The Morgan fingerprint density at radius 1 is 1.14 bits per heavy atom. The topological polar surface area (TPSA) is 61.4 Å². The van der Waals surface area contributed by atoms with Gasteiger partial charge < -0.3 is 15.7 Å². The summed E-state index contributed by atoms with van der Waals surface area (Å²) in [6.45, 7) is 3.67. The fraction of sp³-hybridized carbons (Fsp3) is 0.188. The molecule has 2 aromatic rings. The maximum Gasteiger partial charge on any atom is 0.323 e. The predicted molar refractivity (Wildman–Crippen MR) is 88.6 cm³/mol. The summed E-state index contributed by atoms with van der Waals surface area (Å²) in [7, 11) is 0. The molecule has 0 saturated heterocycles. The number of aryl methyl sites for hydroxylation is 1. The van der Waals surface area contributed by atoms with Crippen molar-refractivity contribution in [3.63, 3.8) is 0 Å². The van der Waals surface area contributed by atoms with E-state index in [1.807, 2.05) is 31.2 Å². The molecule has 3 N–H and O–H groups in total. The Morgan fingerprint density at radius 2 is 1.81 bits per heavy atom. The number of urea groups is 1. The Hall–Kier alpha value is -1.85. The van der Waals surface area contributed by atoms with Gasteiger partial charge >= 0.3 is 6.03 Å². The standard InChI is InChI=1S/C16H17BrN2O2/c1-10-6-7-14(9-15(10)17)19-16(21)18-13-5-3-4-12(8-13)11(2)20/h3-9,11,20H,1-2H3,(H2,18,19,21). The molecule has 0 aromatic heterocycles. The summed E-state index contributed by atoms with van der Waals surface area (Å²) in [5, 5.41) is 15.0. The van der Waals surface area contributed by atoms with Crippen LogP contribution in [0.3, 0.4) is 0 Å². The number of hydrogen-bond donors (Lipinski definition) is 3. The molecule has 1 unspecified atom stereocenters. The van der Waals surface area contributed by atoms with Crippen LogP contribution in [0.2, 0.25) is 0 Å². The first-order chi connectivity index (χ1) is 9.95. The first-order valence-electron chi connectivity index (χ1n) is 6.58. The van der Waals surface area contributed by atoms with Gasteiger partial charge in [-0.1, -0.05) is 34.1 Å². The molecule has 0 fully saturated rings. The van der Waals surface area contributed by atoms with Crippen molar-refractivity contribution >= 4 is 33.3 Å². The van der Waals surface area contributed by atoms with Crippen LogP contribution in [0.1, 0.15) is 24.2 Å². The molecule has 0 aliphatic heterocycles. The van der Waals surface area contributed by atoms with Crippen LogP contribution >= 0.6 is 15.9 Å². The van der Waals surface area contributed by atoms with E-state index in [1.165, 1.54) is 0 Å². The lowest BCUT2D eigenvalue weighted by molar-refractivity contribution is 0.199. The number of rotatable bonds is 3. The second-order valence-corrected chi connectivity index (χ2v) is 5.70. The zero-order chi connectivity index (χ0) is 15.4. The molecule has 0 aliphatic rings.